The van der Waals surface area contributed by atoms with Crippen molar-refractivity contribution < 1.29 is 14.7 Å². The number of H-pyrrole nitrogens is 1. The quantitative estimate of drug-likeness (QED) is 0.794. The van der Waals surface area contributed by atoms with E-state index in [9.17, 15) is 9.59 Å². The summed E-state index contributed by atoms with van der Waals surface area (Å²) in [7, 11) is 0. The van der Waals surface area contributed by atoms with Crippen LogP contribution in [0.15, 0.2) is 42.7 Å². The number of rotatable bonds is 6. The standard InChI is InChI=1S/C16H18N2O3/c1-2-18(9-10-19)16(21)13-5-3-12(4-6-13)15(20)14-7-8-17-11-14/h3-8,11,17,19H,2,9-10H2,1H3. The molecule has 0 unspecified atom stereocenters. The molecule has 5 nitrogen and oxygen atoms in total. The molecule has 110 valence electrons. The van der Waals surface area contributed by atoms with Crippen LogP contribution in [0.3, 0.4) is 0 Å². The minimum Gasteiger partial charge on any atom is -0.395 e. The molecular weight excluding hydrogens is 268 g/mol. The van der Waals surface area contributed by atoms with Gasteiger partial charge in [0.05, 0.1) is 6.61 Å². The van der Waals surface area contributed by atoms with E-state index in [2.05, 4.69) is 4.98 Å². The summed E-state index contributed by atoms with van der Waals surface area (Å²) in [5, 5.41) is 8.94. The zero-order valence-corrected chi connectivity index (χ0v) is 11.9. The number of aromatic amines is 1. The Labute approximate surface area is 123 Å². The number of carbonyl (C=O) groups is 2. The minimum atomic E-state index is -0.146. The molecule has 0 bridgehead atoms. The summed E-state index contributed by atoms with van der Waals surface area (Å²) in [4.78, 5) is 28.7. The highest BCUT2D eigenvalue weighted by molar-refractivity contribution is 6.09. The van der Waals surface area contributed by atoms with Gasteiger partial charge in [0.15, 0.2) is 5.78 Å². The summed E-state index contributed by atoms with van der Waals surface area (Å²) in [6.45, 7) is 2.63. The maximum Gasteiger partial charge on any atom is 0.253 e. The second-order valence-electron chi connectivity index (χ2n) is 4.61. The molecule has 0 saturated carbocycles. The number of likely N-dealkylation sites (N-methyl/N-ethyl adjacent to an activating group) is 1. The summed E-state index contributed by atoms with van der Waals surface area (Å²) < 4.78 is 0. The smallest absolute Gasteiger partial charge is 0.253 e. The number of hydrogen-bond acceptors (Lipinski definition) is 3. The number of ketones is 1. The average molecular weight is 286 g/mol. The van der Waals surface area contributed by atoms with Gasteiger partial charge in [-0.1, -0.05) is 12.1 Å². The third kappa shape index (κ3) is 3.38. The molecule has 0 aliphatic rings. The fraction of sp³-hybridized carbons (Fsp3) is 0.250. The van der Waals surface area contributed by atoms with E-state index in [1.54, 1.807) is 47.6 Å². The lowest BCUT2D eigenvalue weighted by Crippen LogP contribution is -2.33. The normalized spacial score (nSPS) is 10.4. The van der Waals surface area contributed by atoms with Crippen LogP contribution in [0, 0.1) is 0 Å². The van der Waals surface area contributed by atoms with E-state index < -0.39 is 0 Å². The number of benzene rings is 1. The number of nitrogens with one attached hydrogen (secondary N) is 1. The van der Waals surface area contributed by atoms with Gasteiger partial charge in [-0.15, -0.1) is 0 Å². The number of nitrogens with zero attached hydrogens (tertiary/aromatic N) is 1. The number of aliphatic hydroxyl groups excluding tert-OH is 1. The first kappa shape index (κ1) is 15.0. The highest BCUT2D eigenvalue weighted by Crippen LogP contribution is 2.12. The fourth-order valence-electron chi connectivity index (χ4n) is 2.10. The van der Waals surface area contributed by atoms with Gasteiger partial charge in [0, 0.05) is 42.2 Å². The summed E-state index contributed by atoms with van der Waals surface area (Å²) in [6.07, 6.45) is 3.33. The Morgan fingerprint density at radius 3 is 2.29 bits per heavy atom. The molecular formula is C16H18N2O3. The van der Waals surface area contributed by atoms with Crippen molar-refractivity contribution >= 4 is 11.7 Å². The van der Waals surface area contributed by atoms with E-state index in [-0.39, 0.29) is 18.3 Å². The van der Waals surface area contributed by atoms with Gasteiger partial charge in [0.2, 0.25) is 0 Å². The van der Waals surface area contributed by atoms with Gasteiger partial charge >= 0.3 is 0 Å². The molecule has 0 aliphatic heterocycles. The Hall–Kier alpha value is -2.40. The van der Waals surface area contributed by atoms with Gasteiger partial charge in [0.25, 0.3) is 5.91 Å². The number of aliphatic hydroxyl groups is 1. The number of aromatic nitrogens is 1. The van der Waals surface area contributed by atoms with Crippen molar-refractivity contribution in [1.82, 2.24) is 9.88 Å². The van der Waals surface area contributed by atoms with Crippen molar-refractivity contribution in [3.8, 4) is 0 Å². The van der Waals surface area contributed by atoms with Crippen LogP contribution >= 0.6 is 0 Å². The van der Waals surface area contributed by atoms with E-state index in [0.717, 1.165) is 0 Å². The molecule has 0 atom stereocenters. The van der Waals surface area contributed by atoms with E-state index >= 15 is 0 Å². The zero-order chi connectivity index (χ0) is 15.2. The Morgan fingerprint density at radius 2 is 1.76 bits per heavy atom. The predicted molar refractivity (Wildman–Crippen MR) is 79.3 cm³/mol. The van der Waals surface area contributed by atoms with Crippen molar-refractivity contribution in [3.63, 3.8) is 0 Å². The Morgan fingerprint density at radius 1 is 1.10 bits per heavy atom. The fourth-order valence-corrected chi connectivity index (χ4v) is 2.10. The van der Waals surface area contributed by atoms with E-state index in [4.69, 9.17) is 5.11 Å². The molecule has 5 heteroatoms. The summed E-state index contributed by atoms with van der Waals surface area (Å²) in [6, 6.07) is 8.29. The summed E-state index contributed by atoms with van der Waals surface area (Å²) in [5.74, 6) is -0.231. The van der Waals surface area contributed by atoms with Crippen LogP contribution in [-0.4, -0.2) is 46.4 Å². The van der Waals surface area contributed by atoms with Crippen molar-refractivity contribution in [2.75, 3.05) is 19.7 Å². The molecule has 0 aliphatic carbocycles. The predicted octanol–water partition coefficient (Wildman–Crippen LogP) is 1.70. The van der Waals surface area contributed by atoms with Gasteiger partial charge in [-0.2, -0.15) is 0 Å². The maximum atomic E-state index is 12.2. The summed E-state index contributed by atoms with van der Waals surface area (Å²) >= 11 is 0. The number of hydrogen-bond donors (Lipinski definition) is 2. The summed E-state index contributed by atoms with van der Waals surface area (Å²) in [5.41, 5.74) is 1.64. The molecule has 1 amide bonds. The first-order valence-electron chi connectivity index (χ1n) is 6.85. The van der Waals surface area contributed by atoms with Crippen LogP contribution in [0.25, 0.3) is 0 Å². The van der Waals surface area contributed by atoms with Gasteiger partial charge in [-0.25, -0.2) is 0 Å². The van der Waals surface area contributed by atoms with Crippen LogP contribution in [0.4, 0.5) is 0 Å². The Balaban J connectivity index is 2.15. The van der Waals surface area contributed by atoms with Crippen LogP contribution in [0.1, 0.15) is 33.2 Å². The third-order valence-corrected chi connectivity index (χ3v) is 3.29. The Bertz CT molecular complexity index is 603. The molecule has 2 aromatic rings. The van der Waals surface area contributed by atoms with Crippen LogP contribution in [-0.2, 0) is 0 Å². The van der Waals surface area contributed by atoms with Crippen molar-refractivity contribution in [2.24, 2.45) is 0 Å². The van der Waals surface area contributed by atoms with Gasteiger partial charge in [0.1, 0.15) is 0 Å². The molecule has 2 rings (SSSR count). The van der Waals surface area contributed by atoms with Crippen molar-refractivity contribution in [2.45, 2.75) is 6.92 Å². The monoisotopic (exact) mass is 286 g/mol. The lowest BCUT2D eigenvalue weighted by molar-refractivity contribution is 0.0731. The van der Waals surface area contributed by atoms with E-state index in [0.29, 0.717) is 29.8 Å². The molecule has 1 aromatic carbocycles. The first-order chi connectivity index (χ1) is 10.2. The molecule has 1 aromatic heterocycles. The largest absolute Gasteiger partial charge is 0.395 e. The highest BCUT2D eigenvalue weighted by Gasteiger charge is 2.15. The lowest BCUT2D eigenvalue weighted by Gasteiger charge is -2.19. The van der Waals surface area contributed by atoms with Crippen molar-refractivity contribution in [3.05, 3.63) is 59.4 Å². The highest BCUT2D eigenvalue weighted by atomic mass is 16.3. The SMILES string of the molecule is CCN(CCO)C(=O)c1ccc(C(=O)c2cc[nH]c2)cc1. The molecule has 2 N–H and O–H groups in total. The van der Waals surface area contributed by atoms with E-state index in [1.807, 2.05) is 6.92 Å². The molecule has 0 saturated heterocycles. The van der Waals surface area contributed by atoms with Crippen molar-refractivity contribution in [1.29, 1.82) is 0 Å². The maximum absolute atomic E-state index is 12.2. The Kier molecular flexibility index (Phi) is 4.90. The van der Waals surface area contributed by atoms with Crippen LogP contribution in [0.2, 0.25) is 0 Å². The molecule has 1 heterocycles. The number of carbonyl (C=O) groups excluding carboxylic acids is 2. The lowest BCUT2D eigenvalue weighted by atomic mass is 10.0. The van der Waals surface area contributed by atoms with E-state index in [1.165, 1.54) is 0 Å². The molecule has 0 spiro atoms. The van der Waals surface area contributed by atoms with Gasteiger partial charge in [-0.3, -0.25) is 9.59 Å². The average Bonchev–Trinajstić information content (AvgIpc) is 3.06. The third-order valence-electron chi connectivity index (χ3n) is 3.29. The second kappa shape index (κ2) is 6.85. The molecule has 21 heavy (non-hydrogen) atoms. The zero-order valence-electron chi connectivity index (χ0n) is 11.9. The second-order valence-corrected chi connectivity index (χ2v) is 4.61. The van der Waals surface area contributed by atoms with Gasteiger partial charge in [-0.05, 0) is 25.1 Å². The van der Waals surface area contributed by atoms with Gasteiger partial charge < -0.3 is 15.0 Å². The molecule has 0 radical (unpaired) electrons. The minimum absolute atomic E-state index is 0.0658. The van der Waals surface area contributed by atoms with Crippen LogP contribution < -0.4 is 0 Å². The number of amides is 1. The molecule has 0 fully saturated rings. The first-order valence-corrected chi connectivity index (χ1v) is 6.85. The topological polar surface area (TPSA) is 73.4 Å². The van der Waals surface area contributed by atoms with Crippen LogP contribution in [0.5, 0.6) is 0 Å².